The van der Waals surface area contributed by atoms with E-state index in [-0.39, 0.29) is 17.9 Å². The molecule has 3 aromatic carbocycles. The molecular formula is C46H58O9. The van der Waals surface area contributed by atoms with Gasteiger partial charge in [-0.25, -0.2) is 9.59 Å². The molecule has 3 aromatic rings. The Bertz CT molecular complexity index is 1580. The molecule has 0 aliphatic heterocycles. The quantitative estimate of drug-likeness (QED) is 0.0274. The molecule has 0 radical (unpaired) electrons. The normalized spacial score (nSPS) is 15.1. The maximum atomic E-state index is 12.8. The average Bonchev–Trinajstić information content (AvgIpc) is 3.22. The molecule has 1 saturated carbocycles. The molecule has 0 atom stereocenters. The Balaban J connectivity index is 0.940. The molecule has 0 aromatic heterocycles. The van der Waals surface area contributed by atoms with Crippen molar-refractivity contribution in [3.63, 3.8) is 0 Å². The van der Waals surface area contributed by atoms with E-state index < -0.39 is 5.97 Å². The highest BCUT2D eigenvalue weighted by atomic mass is 16.5. The van der Waals surface area contributed by atoms with Gasteiger partial charge in [-0.3, -0.25) is 9.59 Å². The molecule has 9 nitrogen and oxygen atoms in total. The van der Waals surface area contributed by atoms with Crippen LogP contribution >= 0.6 is 0 Å². The highest BCUT2D eigenvalue weighted by Crippen LogP contribution is 2.34. The van der Waals surface area contributed by atoms with Gasteiger partial charge in [0.25, 0.3) is 0 Å². The highest BCUT2D eigenvalue weighted by molar-refractivity contribution is 5.91. The molecule has 4 rings (SSSR count). The van der Waals surface area contributed by atoms with Crippen molar-refractivity contribution in [1.82, 2.24) is 0 Å². The number of unbranched alkanes of at least 4 members (excludes halogenated alkanes) is 7. The Hall–Kier alpha value is -4.76. The fraction of sp³-hybridized carbons (Fsp3) is 0.478. The zero-order valence-corrected chi connectivity index (χ0v) is 32.3. The van der Waals surface area contributed by atoms with Gasteiger partial charge in [0.2, 0.25) is 0 Å². The van der Waals surface area contributed by atoms with Gasteiger partial charge >= 0.3 is 23.9 Å². The molecule has 1 aliphatic rings. The first-order valence-electron chi connectivity index (χ1n) is 20.1. The standard InChI is InChI=1S/C46H58O9/c1-2-43(47)52-33-14-6-10-18-45(49)54-35-15-7-11-19-44(48)53-34-13-4-3-12-32-51-41-28-24-39(25-29-41)37-20-22-40(23-21-37)46(50)55-42-30-26-38(27-31-42)36-16-8-5-9-17-36/h2,5,8-9,16-17,20-23,26-27,30-31,39,41H,1,3-4,6-7,10-15,18-19,24-25,28-29,32-35H2/t39-,41-. The first-order valence-corrected chi connectivity index (χ1v) is 20.1. The molecule has 0 heterocycles. The molecule has 0 bridgehead atoms. The van der Waals surface area contributed by atoms with Crippen LogP contribution in [0.4, 0.5) is 0 Å². The second kappa shape index (κ2) is 25.3. The summed E-state index contributed by atoms with van der Waals surface area (Å²) in [6, 6.07) is 25.5. The van der Waals surface area contributed by atoms with Crippen molar-refractivity contribution >= 4 is 23.9 Å². The average molecular weight is 755 g/mol. The van der Waals surface area contributed by atoms with Crippen LogP contribution in [0.3, 0.4) is 0 Å². The summed E-state index contributed by atoms with van der Waals surface area (Å²) in [6.07, 6.45) is 14.7. The van der Waals surface area contributed by atoms with Crippen LogP contribution < -0.4 is 4.74 Å². The molecule has 0 spiro atoms. The lowest BCUT2D eigenvalue weighted by atomic mass is 9.82. The summed E-state index contributed by atoms with van der Waals surface area (Å²) in [6.45, 7) is 5.23. The van der Waals surface area contributed by atoms with E-state index in [1.807, 2.05) is 54.6 Å². The molecule has 0 N–H and O–H groups in total. The number of carbonyl (C=O) groups is 4. The summed E-state index contributed by atoms with van der Waals surface area (Å²) >= 11 is 0. The first kappa shape index (κ1) is 43.0. The lowest BCUT2D eigenvalue weighted by Gasteiger charge is -2.29. The van der Waals surface area contributed by atoms with Gasteiger partial charge in [0.05, 0.1) is 31.5 Å². The number of ether oxygens (including phenoxy) is 5. The minimum absolute atomic E-state index is 0.172. The predicted octanol–water partition coefficient (Wildman–Crippen LogP) is 10.1. The number of carbonyl (C=O) groups excluding carboxylic acids is 4. The van der Waals surface area contributed by atoms with Gasteiger partial charge < -0.3 is 23.7 Å². The van der Waals surface area contributed by atoms with Crippen molar-refractivity contribution in [2.45, 2.75) is 115 Å². The third-order valence-corrected chi connectivity index (χ3v) is 9.84. The zero-order chi connectivity index (χ0) is 38.9. The summed E-state index contributed by atoms with van der Waals surface area (Å²) in [5.41, 5.74) is 4.00. The monoisotopic (exact) mass is 754 g/mol. The van der Waals surface area contributed by atoms with E-state index in [0.717, 1.165) is 94.4 Å². The second-order valence-electron chi connectivity index (χ2n) is 14.1. The highest BCUT2D eigenvalue weighted by Gasteiger charge is 2.23. The molecular weight excluding hydrogens is 696 g/mol. The molecule has 0 unspecified atom stereocenters. The fourth-order valence-electron chi connectivity index (χ4n) is 6.62. The van der Waals surface area contributed by atoms with Gasteiger partial charge in [-0.15, -0.1) is 0 Å². The van der Waals surface area contributed by atoms with Crippen LogP contribution in [0.25, 0.3) is 11.1 Å². The van der Waals surface area contributed by atoms with E-state index in [4.69, 9.17) is 23.7 Å². The van der Waals surface area contributed by atoms with Gasteiger partial charge in [0.15, 0.2) is 0 Å². The zero-order valence-electron chi connectivity index (χ0n) is 32.3. The van der Waals surface area contributed by atoms with Crippen molar-refractivity contribution in [3.05, 3.63) is 103 Å². The van der Waals surface area contributed by atoms with Gasteiger partial charge in [-0.1, -0.05) is 67.6 Å². The molecule has 1 aliphatic carbocycles. The van der Waals surface area contributed by atoms with Crippen molar-refractivity contribution in [2.24, 2.45) is 0 Å². The number of hydrogen-bond acceptors (Lipinski definition) is 9. The van der Waals surface area contributed by atoms with E-state index in [1.165, 1.54) is 5.56 Å². The van der Waals surface area contributed by atoms with E-state index in [2.05, 4.69) is 30.8 Å². The number of benzene rings is 3. The molecule has 0 amide bonds. The van der Waals surface area contributed by atoms with Gasteiger partial charge in [0, 0.05) is 25.5 Å². The lowest BCUT2D eigenvalue weighted by molar-refractivity contribution is -0.145. The Labute approximate surface area is 326 Å². The molecule has 55 heavy (non-hydrogen) atoms. The predicted molar refractivity (Wildman–Crippen MR) is 213 cm³/mol. The summed E-state index contributed by atoms with van der Waals surface area (Å²) in [5, 5.41) is 0. The Kier molecular flexibility index (Phi) is 19.8. The molecule has 0 saturated heterocycles. The van der Waals surface area contributed by atoms with Crippen molar-refractivity contribution < 1.29 is 42.9 Å². The van der Waals surface area contributed by atoms with E-state index in [9.17, 15) is 19.2 Å². The van der Waals surface area contributed by atoms with Crippen LogP contribution in [0.5, 0.6) is 5.75 Å². The van der Waals surface area contributed by atoms with Crippen LogP contribution in [-0.4, -0.2) is 56.4 Å². The summed E-state index contributed by atoms with van der Waals surface area (Å²) in [4.78, 5) is 47.6. The van der Waals surface area contributed by atoms with Crippen LogP contribution in [-0.2, 0) is 33.3 Å². The largest absolute Gasteiger partial charge is 0.466 e. The Morgan fingerprint density at radius 3 is 1.67 bits per heavy atom. The van der Waals surface area contributed by atoms with Crippen LogP contribution in [0.1, 0.15) is 125 Å². The van der Waals surface area contributed by atoms with E-state index >= 15 is 0 Å². The van der Waals surface area contributed by atoms with Gasteiger partial charge in [-0.05, 0) is 130 Å². The van der Waals surface area contributed by atoms with Gasteiger partial charge in [0.1, 0.15) is 5.75 Å². The van der Waals surface area contributed by atoms with Crippen LogP contribution in [0, 0.1) is 0 Å². The molecule has 1 fully saturated rings. The number of esters is 4. The van der Waals surface area contributed by atoms with E-state index in [0.29, 0.717) is 75.3 Å². The summed E-state index contributed by atoms with van der Waals surface area (Å²) < 4.78 is 27.3. The third-order valence-electron chi connectivity index (χ3n) is 9.84. The molecule has 9 heteroatoms. The lowest BCUT2D eigenvalue weighted by Crippen LogP contribution is -2.21. The van der Waals surface area contributed by atoms with Crippen LogP contribution in [0.15, 0.2) is 91.5 Å². The third kappa shape index (κ3) is 17.1. The maximum Gasteiger partial charge on any atom is 0.343 e. The van der Waals surface area contributed by atoms with Crippen LogP contribution in [0.2, 0.25) is 0 Å². The van der Waals surface area contributed by atoms with Gasteiger partial charge in [-0.2, -0.15) is 0 Å². The topological polar surface area (TPSA) is 114 Å². The van der Waals surface area contributed by atoms with Crippen molar-refractivity contribution in [2.75, 3.05) is 26.4 Å². The fourth-order valence-corrected chi connectivity index (χ4v) is 6.62. The minimum atomic E-state index is -0.432. The Morgan fingerprint density at radius 1 is 0.564 bits per heavy atom. The van der Waals surface area contributed by atoms with Crippen molar-refractivity contribution in [1.29, 1.82) is 0 Å². The molecule has 296 valence electrons. The van der Waals surface area contributed by atoms with Crippen molar-refractivity contribution in [3.8, 4) is 16.9 Å². The maximum absolute atomic E-state index is 12.8. The summed E-state index contributed by atoms with van der Waals surface area (Å²) in [7, 11) is 0. The smallest absolute Gasteiger partial charge is 0.343 e. The minimum Gasteiger partial charge on any atom is -0.466 e. The first-order chi connectivity index (χ1) is 26.9. The Morgan fingerprint density at radius 2 is 1.09 bits per heavy atom. The number of hydrogen-bond donors (Lipinski definition) is 0. The summed E-state index contributed by atoms with van der Waals surface area (Å²) in [5.74, 6) is -0.183. The second-order valence-corrected chi connectivity index (χ2v) is 14.1. The SMILES string of the molecule is C=CC(=O)OCCCCCC(=O)OCCCCCC(=O)OCCCCCCO[C@H]1CC[C@H](c2ccc(C(=O)Oc3ccc(-c4ccccc4)cc3)cc2)CC1. The number of rotatable bonds is 25. The van der Waals surface area contributed by atoms with E-state index in [1.54, 1.807) is 0 Å².